The van der Waals surface area contributed by atoms with E-state index >= 15 is 0 Å². The van der Waals surface area contributed by atoms with Crippen molar-refractivity contribution < 1.29 is 0 Å². The molecule has 1 N–H and O–H groups in total. The first-order chi connectivity index (χ1) is 9.76. The highest BCUT2D eigenvalue weighted by atomic mass is 14.9. The quantitative estimate of drug-likeness (QED) is 0.827. The first-order valence-corrected chi connectivity index (χ1v) is 7.67. The third kappa shape index (κ3) is 2.72. The average Bonchev–Trinajstić information content (AvgIpc) is 2.42. The molecule has 1 saturated carbocycles. The molecular formula is C19H23N. The van der Waals surface area contributed by atoms with Crippen LogP contribution in [0.15, 0.2) is 48.5 Å². The Kier molecular flexibility index (Phi) is 3.77. The molecule has 0 aliphatic heterocycles. The highest BCUT2D eigenvalue weighted by Gasteiger charge is 2.30. The molecule has 1 aliphatic rings. The minimum atomic E-state index is 0.633. The van der Waals surface area contributed by atoms with Gasteiger partial charge in [0.1, 0.15) is 0 Å². The number of nitrogens with one attached hydrogen (secondary N) is 1. The second-order valence-electron chi connectivity index (χ2n) is 5.93. The highest BCUT2D eigenvalue weighted by Crippen LogP contribution is 2.39. The number of anilines is 1. The summed E-state index contributed by atoms with van der Waals surface area (Å²) in [4.78, 5) is 0. The lowest BCUT2D eigenvalue weighted by Gasteiger charge is -2.37. The van der Waals surface area contributed by atoms with Gasteiger partial charge in [-0.05, 0) is 49.3 Å². The van der Waals surface area contributed by atoms with Crippen LogP contribution in [-0.2, 0) is 6.42 Å². The number of hydrogen-bond acceptors (Lipinski definition) is 1. The van der Waals surface area contributed by atoms with Gasteiger partial charge >= 0.3 is 0 Å². The van der Waals surface area contributed by atoms with Gasteiger partial charge in [-0.3, -0.25) is 0 Å². The molecule has 3 rings (SSSR count). The molecule has 1 aliphatic carbocycles. The topological polar surface area (TPSA) is 12.0 Å². The predicted octanol–water partition coefficient (Wildman–Crippen LogP) is 4.92. The van der Waals surface area contributed by atoms with Crippen LogP contribution in [0.3, 0.4) is 0 Å². The number of benzene rings is 2. The first-order valence-electron chi connectivity index (χ1n) is 7.67. The van der Waals surface area contributed by atoms with Gasteiger partial charge in [-0.15, -0.1) is 0 Å². The standard InChI is InChI=1S/C19H23N/c1-3-15-8-4-5-10-19(15)20-18-12-17(13-18)16-9-6-7-14(2)11-16/h4-11,17-18,20H,3,12-13H2,1-2H3. The molecule has 0 bridgehead atoms. The fourth-order valence-corrected chi connectivity index (χ4v) is 3.12. The molecule has 2 aromatic rings. The zero-order valence-electron chi connectivity index (χ0n) is 12.4. The van der Waals surface area contributed by atoms with Crippen molar-refractivity contribution in [2.45, 2.75) is 45.1 Å². The zero-order chi connectivity index (χ0) is 13.9. The van der Waals surface area contributed by atoms with E-state index in [2.05, 4.69) is 67.7 Å². The second kappa shape index (κ2) is 5.70. The Labute approximate surface area is 122 Å². The molecule has 0 aromatic heterocycles. The van der Waals surface area contributed by atoms with Crippen molar-refractivity contribution in [3.63, 3.8) is 0 Å². The molecule has 1 fully saturated rings. The Bertz CT molecular complexity index is 582. The van der Waals surface area contributed by atoms with Gasteiger partial charge in [0, 0.05) is 11.7 Å². The summed E-state index contributed by atoms with van der Waals surface area (Å²) in [6.07, 6.45) is 3.60. The summed E-state index contributed by atoms with van der Waals surface area (Å²) in [6.45, 7) is 4.40. The van der Waals surface area contributed by atoms with E-state index in [0.717, 1.165) is 12.3 Å². The minimum Gasteiger partial charge on any atom is -0.382 e. The fourth-order valence-electron chi connectivity index (χ4n) is 3.12. The summed E-state index contributed by atoms with van der Waals surface area (Å²) in [6, 6.07) is 18.3. The number of aryl methyl sites for hydroxylation is 2. The van der Waals surface area contributed by atoms with Crippen molar-refractivity contribution in [2.24, 2.45) is 0 Å². The van der Waals surface area contributed by atoms with Gasteiger partial charge in [0.2, 0.25) is 0 Å². The maximum atomic E-state index is 3.71. The van der Waals surface area contributed by atoms with Crippen LogP contribution in [0, 0.1) is 6.92 Å². The summed E-state index contributed by atoms with van der Waals surface area (Å²) in [5, 5.41) is 3.71. The van der Waals surface area contributed by atoms with E-state index in [0.29, 0.717) is 6.04 Å². The van der Waals surface area contributed by atoms with Gasteiger partial charge in [0.15, 0.2) is 0 Å². The van der Waals surface area contributed by atoms with Crippen LogP contribution in [0.25, 0.3) is 0 Å². The minimum absolute atomic E-state index is 0.633. The van der Waals surface area contributed by atoms with E-state index in [1.165, 1.54) is 35.2 Å². The molecule has 0 heterocycles. The molecule has 0 unspecified atom stereocenters. The average molecular weight is 265 g/mol. The van der Waals surface area contributed by atoms with Crippen molar-refractivity contribution in [1.29, 1.82) is 0 Å². The Hall–Kier alpha value is -1.76. The van der Waals surface area contributed by atoms with Crippen LogP contribution in [0.2, 0.25) is 0 Å². The largest absolute Gasteiger partial charge is 0.382 e. The number of rotatable bonds is 4. The van der Waals surface area contributed by atoms with Crippen molar-refractivity contribution in [3.05, 3.63) is 65.2 Å². The smallest absolute Gasteiger partial charge is 0.0374 e. The summed E-state index contributed by atoms with van der Waals surface area (Å²) in [5.74, 6) is 0.737. The third-order valence-corrected chi connectivity index (χ3v) is 4.41. The van der Waals surface area contributed by atoms with Crippen molar-refractivity contribution in [3.8, 4) is 0 Å². The van der Waals surface area contributed by atoms with E-state index in [9.17, 15) is 0 Å². The fraction of sp³-hybridized carbons (Fsp3) is 0.368. The second-order valence-corrected chi connectivity index (χ2v) is 5.93. The van der Waals surface area contributed by atoms with Crippen LogP contribution in [0.4, 0.5) is 5.69 Å². The van der Waals surface area contributed by atoms with E-state index in [1.807, 2.05) is 0 Å². The lowest BCUT2D eigenvalue weighted by atomic mass is 9.75. The molecule has 0 radical (unpaired) electrons. The summed E-state index contributed by atoms with van der Waals surface area (Å²) in [5.41, 5.74) is 5.62. The molecule has 0 spiro atoms. The predicted molar refractivity (Wildman–Crippen MR) is 86.4 cm³/mol. The zero-order valence-corrected chi connectivity index (χ0v) is 12.4. The van der Waals surface area contributed by atoms with Gasteiger partial charge in [-0.2, -0.15) is 0 Å². The molecule has 1 heteroatoms. The SMILES string of the molecule is CCc1ccccc1NC1CC(c2cccc(C)c2)C1. The van der Waals surface area contributed by atoms with Crippen LogP contribution >= 0.6 is 0 Å². The maximum absolute atomic E-state index is 3.71. The van der Waals surface area contributed by atoms with E-state index in [4.69, 9.17) is 0 Å². The summed E-state index contributed by atoms with van der Waals surface area (Å²) >= 11 is 0. The Morgan fingerprint density at radius 3 is 2.60 bits per heavy atom. The molecule has 20 heavy (non-hydrogen) atoms. The Balaban J connectivity index is 1.61. The van der Waals surface area contributed by atoms with Gasteiger partial charge in [-0.25, -0.2) is 0 Å². The number of para-hydroxylation sites is 1. The van der Waals surface area contributed by atoms with Crippen LogP contribution < -0.4 is 5.32 Å². The first kappa shape index (κ1) is 13.2. The highest BCUT2D eigenvalue weighted by molar-refractivity contribution is 5.52. The Morgan fingerprint density at radius 1 is 1.05 bits per heavy atom. The molecule has 0 saturated heterocycles. The van der Waals surface area contributed by atoms with E-state index in [1.54, 1.807) is 0 Å². The summed E-state index contributed by atoms with van der Waals surface area (Å²) in [7, 11) is 0. The van der Waals surface area contributed by atoms with Gasteiger partial charge < -0.3 is 5.32 Å². The van der Waals surface area contributed by atoms with Crippen molar-refractivity contribution >= 4 is 5.69 Å². The molecule has 0 atom stereocenters. The lowest BCUT2D eigenvalue weighted by molar-refractivity contribution is 0.374. The van der Waals surface area contributed by atoms with Crippen molar-refractivity contribution in [2.75, 3.05) is 5.32 Å². The number of hydrogen-bond donors (Lipinski definition) is 1. The van der Waals surface area contributed by atoms with Gasteiger partial charge in [0.05, 0.1) is 0 Å². The van der Waals surface area contributed by atoms with Gasteiger partial charge in [-0.1, -0.05) is 55.0 Å². The van der Waals surface area contributed by atoms with Gasteiger partial charge in [0.25, 0.3) is 0 Å². The molecule has 104 valence electrons. The monoisotopic (exact) mass is 265 g/mol. The molecule has 1 nitrogen and oxygen atoms in total. The van der Waals surface area contributed by atoms with Crippen molar-refractivity contribution in [1.82, 2.24) is 0 Å². The molecule has 0 amide bonds. The maximum Gasteiger partial charge on any atom is 0.0374 e. The summed E-state index contributed by atoms with van der Waals surface area (Å²) < 4.78 is 0. The third-order valence-electron chi connectivity index (χ3n) is 4.41. The van der Waals surface area contributed by atoms with Crippen LogP contribution in [-0.4, -0.2) is 6.04 Å². The lowest BCUT2D eigenvalue weighted by Crippen LogP contribution is -2.34. The normalized spacial score (nSPS) is 21.3. The van der Waals surface area contributed by atoms with Crippen LogP contribution in [0.1, 0.15) is 42.4 Å². The van der Waals surface area contributed by atoms with E-state index < -0.39 is 0 Å². The van der Waals surface area contributed by atoms with Crippen LogP contribution in [0.5, 0.6) is 0 Å². The molecule has 2 aromatic carbocycles. The van der Waals surface area contributed by atoms with E-state index in [-0.39, 0.29) is 0 Å². The molecular weight excluding hydrogens is 242 g/mol. The Morgan fingerprint density at radius 2 is 1.85 bits per heavy atom.